The van der Waals surface area contributed by atoms with Gasteiger partial charge in [0.1, 0.15) is 10.8 Å². The first-order valence-electron chi connectivity index (χ1n) is 6.79. The summed E-state index contributed by atoms with van der Waals surface area (Å²) in [5.41, 5.74) is 2.10. The predicted octanol–water partition coefficient (Wildman–Crippen LogP) is 3.41. The second kappa shape index (κ2) is 7.21. The van der Waals surface area contributed by atoms with E-state index in [1.807, 2.05) is 38.2 Å². The molecule has 1 atom stereocenters. The highest BCUT2D eigenvalue weighted by atomic mass is 32.1. The first kappa shape index (κ1) is 15.5. The number of aromatic nitrogens is 1. The lowest BCUT2D eigenvalue weighted by Gasteiger charge is -2.16. The average molecular weight is 301 g/mol. The van der Waals surface area contributed by atoms with Gasteiger partial charge in [-0.3, -0.25) is 4.90 Å². The first-order chi connectivity index (χ1) is 10.1. The molecule has 0 aliphatic carbocycles. The van der Waals surface area contributed by atoms with Crippen molar-refractivity contribution in [3.63, 3.8) is 0 Å². The van der Waals surface area contributed by atoms with Crippen molar-refractivity contribution in [3.8, 4) is 22.4 Å². The third kappa shape index (κ3) is 4.28. The van der Waals surface area contributed by atoms with E-state index < -0.39 is 0 Å². The van der Waals surface area contributed by atoms with Crippen molar-refractivity contribution < 1.29 is 4.74 Å². The number of benzene rings is 1. The lowest BCUT2D eigenvalue weighted by molar-refractivity contribution is 0.300. The highest BCUT2D eigenvalue weighted by molar-refractivity contribution is 7.13. The Bertz CT molecular complexity index is 632. The number of ether oxygens (including phenoxy) is 1. The number of hydrogen-bond acceptors (Lipinski definition) is 5. The normalized spacial score (nSPS) is 12.1. The van der Waals surface area contributed by atoms with Gasteiger partial charge in [-0.05, 0) is 26.1 Å². The second-order valence-corrected chi connectivity index (χ2v) is 5.96. The molecule has 0 aliphatic heterocycles. The Labute approximate surface area is 129 Å². The minimum Gasteiger partial charge on any atom is -0.497 e. The quantitative estimate of drug-likeness (QED) is 0.820. The highest BCUT2D eigenvalue weighted by Gasteiger charge is 2.10. The van der Waals surface area contributed by atoms with E-state index in [0.29, 0.717) is 0 Å². The summed E-state index contributed by atoms with van der Waals surface area (Å²) in [4.78, 5) is 6.79. The number of nitrogens with zero attached hydrogens (tertiary/aromatic N) is 3. The van der Waals surface area contributed by atoms with Crippen LogP contribution in [0.4, 0.5) is 0 Å². The van der Waals surface area contributed by atoms with Crippen molar-refractivity contribution in [1.82, 2.24) is 9.88 Å². The van der Waals surface area contributed by atoms with Crippen LogP contribution in [-0.4, -0.2) is 30.6 Å². The Kier molecular flexibility index (Phi) is 5.32. The summed E-state index contributed by atoms with van der Waals surface area (Å²) in [5, 5.41) is 11.9. The van der Waals surface area contributed by atoms with Crippen LogP contribution >= 0.6 is 11.3 Å². The van der Waals surface area contributed by atoms with E-state index in [4.69, 9.17) is 10.00 Å². The van der Waals surface area contributed by atoms with E-state index in [1.54, 1.807) is 18.4 Å². The van der Waals surface area contributed by atoms with Crippen molar-refractivity contribution in [2.45, 2.75) is 13.5 Å². The third-order valence-electron chi connectivity index (χ3n) is 3.11. The third-order valence-corrected chi connectivity index (χ3v) is 4.05. The molecule has 1 aromatic heterocycles. The minimum absolute atomic E-state index is 0.0338. The largest absolute Gasteiger partial charge is 0.497 e. The van der Waals surface area contributed by atoms with Gasteiger partial charge in [0.2, 0.25) is 0 Å². The molecule has 0 bridgehead atoms. The zero-order chi connectivity index (χ0) is 15.2. The molecule has 2 rings (SSSR count). The highest BCUT2D eigenvalue weighted by Crippen LogP contribution is 2.27. The van der Waals surface area contributed by atoms with Gasteiger partial charge in [0.05, 0.1) is 24.8 Å². The molecule has 0 N–H and O–H groups in total. The van der Waals surface area contributed by atoms with Crippen molar-refractivity contribution in [3.05, 3.63) is 35.3 Å². The van der Waals surface area contributed by atoms with E-state index in [2.05, 4.69) is 21.3 Å². The van der Waals surface area contributed by atoms with Crippen molar-refractivity contribution in [1.29, 1.82) is 5.26 Å². The number of rotatable bonds is 6. The molecule has 1 aromatic carbocycles. The van der Waals surface area contributed by atoms with Gasteiger partial charge in [-0.2, -0.15) is 5.26 Å². The lowest BCUT2D eigenvalue weighted by atomic mass is 10.2. The Morgan fingerprint density at radius 3 is 3.00 bits per heavy atom. The Morgan fingerprint density at radius 1 is 1.48 bits per heavy atom. The number of thiazole rings is 1. The molecule has 0 fully saturated rings. The van der Waals surface area contributed by atoms with Gasteiger partial charge in [-0.1, -0.05) is 12.1 Å². The molecule has 21 heavy (non-hydrogen) atoms. The van der Waals surface area contributed by atoms with Gasteiger partial charge >= 0.3 is 0 Å². The van der Waals surface area contributed by atoms with Crippen molar-refractivity contribution >= 4 is 11.3 Å². The molecule has 5 heteroatoms. The SMILES string of the molecule is COc1cccc(-c2nc(CN(C)CC(C)C#N)cs2)c1. The number of methoxy groups -OCH3 is 1. The van der Waals surface area contributed by atoms with Gasteiger partial charge in [-0.15, -0.1) is 11.3 Å². The minimum atomic E-state index is 0.0338. The van der Waals surface area contributed by atoms with Crippen LogP contribution in [0.5, 0.6) is 5.75 Å². The fourth-order valence-electron chi connectivity index (χ4n) is 2.12. The smallest absolute Gasteiger partial charge is 0.123 e. The van der Waals surface area contributed by atoms with Gasteiger partial charge in [0.25, 0.3) is 0 Å². The van der Waals surface area contributed by atoms with Crippen LogP contribution in [0.2, 0.25) is 0 Å². The Hall–Kier alpha value is -1.90. The fourth-order valence-corrected chi connectivity index (χ4v) is 2.93. The molecular formula is C16H19N3OS. The van der Waals surface area contributed by atoms with Gasteiger partial charge in [-0.25, -0.2) is 4.98 Å². The van der Waals surface area contributed by atoms with Crippen LogP contribution in [0, 0.1) is 17.2 Å². The molecule has 4 nitrogen and oxygen atoms in total. The van der Waals surface area contributed by atoms with Crippen molar-refractivity contribution in [2.24, 2.45) is 5.92 Å². The van der Waals surface area contributed by atoms with Gasteiger partial charge < -0.3 is 4.74 Å². The molecule has 0 radical (unpaired) electrons. The van der Waals surface area contributed by atoms with Crippen molar-refractivity contribution in [2.75, 3.05) is 20.7 Å². The average Bonchev–Trinajstić information content (AvgIpc) is 2.95. The zero-order valence-corrected chi connectivity index (χ0v) is 13.4. The standard InChI is InChI=1S/C16H19N3OS/c1-12(8-17)9-19(2)10-14-11-21-16(18-14)13-5-4-6-15(7-13)20-3/h4-7,11-12H,9-10H2,1-3H3. The van der Waals surface area contributed by atoms with E-state index >= 15 is 0 Å². The van der Waals surface area contributed by atoms with Crippen LogP contribution in [0.1, 0.15) is 12.6 Å². The van der Waals surface area contributed by atoms with Crippen LogP contribution in [-0.2, 0) is 6.54 Å². The summed E-state index contributed by atoms with van der Waals surface area (Å²) in [6.45, 7) is 3.44. The predicted molar refractivity (Wildman–Crippen MR) is 85.2 cm³/mol. The molecule has 110 valence electrons. The van der Waals surface area contributed by atoms with Crippen LogP contribution in [0.3, 0.4) is 0 Å². The molecule has 2 aromatic rings. The summed E-state index contributed by atoms with van der Waals surface area (Å²) in [6, 6.07) is 10.2. The molecule has 0 amide bonds. The molecule has 1 heterocycles. The number of nitriles is 1. The zero-order valence-electron chi connectivity index (χ0n) is 12.5. The van der Waals surface area contributed by atoms with E-state index in [1.165, 1.54) is 0 Å². The molecule has 0 saturated carbocycles. The first-order valence-corrected chi connectivity index (χ1v) is 7.67. The molecule has 0 saturated heterocycles. The molecule has 0 aliphatic rings. The number of hydrogen-bond donors (Lipinski definition) is 0. The van der Waals surface area contributed by atoms with Crippen LogP contribution in [0.15, 0.2) is 29.6 Å². The van der Waals surface area contributed by atoms with E-state index in [0.717, 1.165) is 35.1 Å². The maximum atomic E-state index is 8.85. The summed E-state index contributed by atoms with van der Waals surface area (Å²) in [5.74, 6) is 0.871. The Morgan fingerprint density at radius 2 is 2.29 bits per heavy atom. The van der Waals surface area contributed by atoms with Gasteiger partial charge in [0.15, 0.2) is 0 Å². The summed E-state index contributed by atoms with van der Waals surface area (Å²) in [6.07, 6.45) is 0. The fraction of sp³-hybridized carbons (Fsp3) is 0.375. The topological polar surface area (TPSA) is 49.1 Å². The van der Waals surface area contributed by atoms with Crippen LogP contribution in [0.25, 0.3) is 10.6 Å². The Balaban J connectivity index is 2.06. The summed E-state index contributed by atoms with van der Waals surface area (Å²) >= 11 is 1.63. The monoisotopic (exact) mass is 301 g/mol. The maximum Gasteiger partial charge on any atom is 0.123 e. The molecule has 1 unspecified atom stereocenters. The lowest BCUT2D eigenvalue weighted by Crippen LogP contribution is -2.23. The second-order valence-electron chi connectivity index (χ2n) is 5.10. The van der Waals surface area contributed by atoms with Gasteiger partial charge in [0, 0.05) is 24.0 Å². The summed E-state index contributed by atoms with van der Waals surface area (Å²) in [7, 11) is 3.68. The molecule has 0 spiro atoms. The van der Waals surface area contributed by atoms with E-state index in [-0.39, 0.29) is 5.92 Å². The molecular weight excluding hydrogens is 282 g/mol. The van der Waals surface area contributed by atoms with E-state index in [9.17, 15) is 0 Å². The summed E-state index contributed by atoms with van der Waals surface area (Å²) < 4.78 is 5.24. The maximum absolute atomic E-state index is 8.85. The van der Waals surface area contributed by atoms with Crippen LogP contribution < -0.4 is 4.74 Å².